The molecule has 2 atom stereocenters. The third kappa shape index (κ3) is 3.06. The molecule has 2 unspecified atom stereocenters. The summed E-state index contributed by atoms with van der Waals surface area (Å²) in [5.74, 6) is -0.529. The third-order valence-corrected chi connectivity index (χ3v) is 3.34. The van der Waals surface area contributed by atoms with Gasteiger partial charge in [-0.05, 0) is 37.6 Å². The lowest BCUT2D eigenvalue weighted by Crippen LogP contribution is -2.30. The maximum Gasteiger partial charge on any atom is 0.128 e. The highest BCUT2D eigenvalue weighted by Gasteiger charge is 2.28. The number of rotatable bonds is 5. The van der Waals surface area contributed by atoms with Gasteiger partial charge in [0.1, 0.15) is 11.6 Å². The predicted octanol–water partition coefficient (Wildman–Crippen LogP) is 3.04. The van der Waals surface area contributed by atoms with E-state index < -0.39 is 5.82 Å². The van der Waals surface area contributed by atoms with Crippen LogP contribution in [0.25, 0.3) is 0 Å². The number of ether oxygens (including phenoxy) is 1. The highest BCUT2D eigenvalue weighted by molar-refractivity contribution is 5.23. The molecule has 1 saturated heterocycles. The van der Waals surface area contributed by atoms with Gasteiger partial charge < -0.3 is 10.1 Å². The van der Waals surface area contributed by atoms with Crippen molar-refractivity contribution in [2.75, 3.05) is 19.8 Å². The van der Waals surface area contributed by atoms with Crippen molar-refractivity contribution in [3.05, 3.63) is 35.4 Å². The molecule has 1 aromatic carbocycles. The van der Waals surface area contributed by atoms with E-state index in [0.717, 1.165) is 25.5 Å². The Morgan fingerprint density at radius 3 is 2.94 bits per heavy atom. The van der Waals surface area contributed by atoms with Crippen molar-refractivity contribution in [2.24, 2.45) is 5.92 Å². The van der Waals surface area contributed by atoms with Crippen molar-refractivity contribution in [1.29, 1.82) is 0 Å². The zero-order chi connectivity index (χ0) is 13.0. The summed E-state index contributed by atoms with van der Waals surface area (Å²) in [5, 5.41) is 3.31. The minimum absolute atomic E-state index is 0.164. The Labute approximate surface area is 106 Å². The summed E-state index contributed by atoms with van der Waals surface area (Å²) < 4.78 is 32.5. The van der Waals surface area contributed by atoms with Gasteiger partial charge in [-0.25, -0.2) is 8.78 Å². The van der Waals surface area contributed by atoms with Crippen LogP contribution in [0.15, 0.2) is 18.2 Å². The summed E-state index contributed by atoms with van der Waals surface area (Å²) in [6.07, 6.45) is 1.85. The van der Waals surface area contributed by atoms with E-state index in [4.69, 9.17) is 4.74 Å². The Kier molecular flexibility index (Phi) is 4.66. The minimum Gasteiger partial charge on any atom is -0.381 e. The van der Waals surface area contributed by atoms with Crippen LogP contribution in [-0.4, -0.2) is 19.8 Å². The number of benzene rings is 1. The lowest BCUT2D eigenvalue weighted by Gasteiger charge is -2.24. The van der Waals surface area contributed by atoms with Gasteiger partial charge in [0.25, 0.3) is 0 Å². The zero-order valence-corrected chi connectivity index (χ0v) is 10.6. The molecule has 1 fully saturated rings. The standard InChI is InChI=1S/C14H19F2NO/c1-2-6-17-14(10-5-7-18-9-10)12-8-11(15)3-4-13(12)16/h3-4,8,10,14,17H,2,5-7,9H2,1H3. The molecule has 0 spiro atoms. The van der Waals surface area contributed by atoms with Crippen LogP contribution in [-0.2, 0) is 4.74 Å². The van der Waals surface area contributed by atoms with Crippen molar-refractivity contribution in [2.45, 2.75) is 25.8 Å². The maximum absolute atomic E-state index is 13.9. The molecule has 18 heavy (non-hydrogen) atoms. The van der Waals surface area contributed by atoms with Gasteiger partial charge in [-0.2, -0.15) is 0 Å². The van der Waals surface area contributed by atoms with Gasteiger partial charge in [0.2, 0.25) is 0 Å². The van der Waals surface area contributed by atoms with E-state index in [1.807, 2.05) is 0 Å². The molecule has 1 heterocycles. The summed E-state index contributed by atoms with van der Waals surface area (Å²) in [4.78, 5) is 0. The van der Waals surface area contributed by atoms with Crippen molar-refractivity contribution in [1.82, 2.24) is 5.32 Å². The van der Waals surface area contributed by atoms with Crippen LogP contribution in [0.1, 0.15) is 31.4 Å². The summed E-state index contributed by atoms with van der Waals surface area (Å²) in [5.41, 5.74) is 0.416. The molecule has 0 radical (unpaired) electrons. The average Bonchev–Trinajstić information content (AvgIpc) is 2.88. The summed E-state index contributed by atoms with van der Waals surface area (Å²) in [6.45, 7) is 4.15. The van der Waals surface area contributed by atoms with Gasteiger partial charge in [0.05, 0.1) is 6.61 Å². The topological polar surface area (TPSA) is 21.3 Å². The second-order valence-electron chi connectivity index (χ2n) is 4.72. The van der Waals surface area contributed by atoms with Crippen molar-refractivity contribution in [3.8, 4) is 0 Å². The average molecular weight is 255 g/mol. The normalized spacial score (nSPS) is 21.2. The fourth-order valence-electron chi connectivity index (χ4n) is 2.40. The fraction of sp³-hybridized carbons (Fsp3) is 0.571. The Balaban J connectivity index is 2.23. The maximum atomic E-state index is 13.9. The third-order valence-electron chi connectivity index (χ3n) is 3.34. The first-order chi connectivity index (χ1) is 8.72. The quantitative estimate of drug-likeness (QED) is 0.873. The number of hydrogen-bond donors (Lipinski definition) is 1. The molecule has 0 bridgehead atoms. The molecule has 1 aliphatic heterocycles. The molecule has 4 heteroatoms. The Bertz CT molecular complexity index is 391. The molecule has 1 aliphatic rings. The van der Waals surface area contributed by atoms with Gasteiger partial charge >= 0.3 is 0 Å². The van der Waals surface area contributed by atoms with E-state index in [0.29, 0.717) is 18.8 Å². The SMILES string of the molecule is CCCNC(c1cc(F)ccc1F)C1CCOC1. The monoisotopic (exact) mass is 255 g/mol. The Hall–Kier alpha value is -1.00. The van der Waals surface area contributed by atoms with E-state index in [-0.39, 0.29) is 17.8 Å². The largest absolute Gasteiger partial charge is 0.381 e. The molecule has 100 valence electrons. The minimum atomic E-state index is -0.395. The molecule has 1 N–H and O–H groups in total. The van der Waals surface area contributed by atoms with E-state index in [1.54, 1.807) is 0 Å². The molecule has 0 saturated carbocycles. The van der Waals surface area contributed by atoms with E-state index in [2.05, 4.69) is 12.2 Å². The van der Waals surface area contributed by atoms with Crippen LogP contribution in [0, 0.1) is 17.6 Å². The number of halogens is 2. The van der Waals surface area contributed by atoms with Crippen molar-refractivity contribution in [3.63, 3.8) is 0 Å². The van der Waals surface area contributed by atoms with Gasteiger partial charge in [-0.3, -0.25) is 0 Å². The number of hydrogen-bond acceptors (Lipinski definition) is 2. The van der Waals surface area contributed by atoms with Gasteiger partial charge in [-0.1, -0.05) is 6.92 Å². The fourth-order valence-corrected chi connectivity index (χ4v) is 2.40. The van der Waals surface area contributed by atoms with Gasteiger partial charge in [0, 0.05) is 24.1 Å². The van der Waals surface area contributed by atoms with Crippen LogP contribution in [0.3, 0.4) is 0 Å². The number of nitrogens with one attached hydrogen (secondary N) is 1. The van der Waals surface area contributed by atoms with Crippen molar-refractivity contribution >= 4 is 0 Å². The van der Waals surface area contributed by atoms with Gasteiger partial charge in [0.15, 0.2) is 0 Å². The van der Waals surface area contributed by atoms with E-state index in [9.17, 15) is 8.78 Å². The summed E-state index contributed by atoms with van der Waals surface area (Å²) in [6, 6.07) is 3.48. The van der Waals surface area contributed by atoms with Crippen LogP contribution >= 0.6 is 0 Å². The molecule has 2 nitrogen and oxygen atoms in total. The first-order valence-corrected chi connectivity index (χ1v) is 6.48. The van der Waals surface area contributed by atoms with Crippen LogP contribution in [0.5, 0.6) is 0 Å². The summed E-state index contributed by atoms with van der Waals surface area (Å²) in [7, 11) is 0. The smallest absolute Gasteiger partial charge is 0.128 e. The molecule has 0 aliphatic carbocycles. The molecule has 2 rings (SSSR count). The molecule has 0 aromatic heterocycles. The molecular weight excluding hydrogens is 236 g/mol. The summed E-state index contributed by atoms with van der Waals surface area (Å²) >= 11 is 0. The van der Waals surface area contributed by atoms with Crippen LogP contribution in [0.2, 0.25) is 0 Å². The second kappa shape index (κ2) is 6.25. The Morgan fingerprint density at radius 1 is 1.44 bits per heavy atom. The first-order valence-electron chi connectivity index (χ1n) is 6.48. The van der Waals surface area contributed by atoms with Gasteiger partial charge in [-0.15, -0.1) is 0 Å². The van der Waals surface area contributed by atoms with Crippen LogP contribution < -0.4 is 5.32 Å². The molecule has 1 aromatic rings. The highest BCUT2D eigenvalue weighted by atomic mass is 19.1. The molecular formula is C14H19F2NO. The zero-order valence-electron chi connectivity index (χ0n) is 10.6. The second-order valence-corrected chi connectivity index (χ2v) is 4.72. The van der Waals surface area contributed by atoms with Crippen LogP contribution in [0.4, 0.5) is 8.78 Å². The lowest BCUT2D eigenvalue weighted by molar-refractivity contribution is 0.176. The Morgan fingerprint density at radius 2 is 2.28 bits per heavy atom. The van der Waals surface area contributed by atoms with E-state index >= 15 is 0 Å². The first kappa shape index (κ1) is 13.4. The lowest BCUT2D eigenvalue weighted by atomic mass is 9.91. The van der Waals surface area contributed by atoms with E-state index in [1.165, 1.54) is 12.1 Å². The predicted molar refractivity (Wildman–Crippen MR) is 66.3 cm³/mol. The molecule has 0 amide bonds. The van der Waals surface area contributed by atoms with Crippen molar-refractivity contribution < 1.29 is 13.5 Å². The highest BCUT2D eigenvalue weighted by Crippen LogP contribution is 2.30.